The molecular formula is C16H29NO3. The molecule has 1 N–H and O–H groups in total. The molecular weight excluding hydrogens is 254 g/mol. The van der Waals surface area contributed by atoms with Crippen LogP contribution in [-0.2, 0) is 9.59 Å². The minimum atomic E-state index is -0.778. The highest BCUT2D eigenvalue weighted by Gasteiger charge is 2.37. The van der Waals surface area contributed by atoms with Gasteiger partial charge in [0, 0.05) is 19.5 Å². The fraction of sp³-hybridized carbons (Fsp3) is 0.875. The molecule has 116 valence electrons. The van der Waals surface area contributed by atoms with E-state index in [1.807, 2.05) is 14.0 Å². The van der Waals surface area contributed by atoms with Crippen LogP contribution in [0.1, 0.15) is 65.7 Å². The summed E-state index contributed by atoms with van der Waals surface area (Å²) in [4.78, 5) is 25.4. The molecule has 0 heterocycles. The van der Waals surface area contributed by atoms with Crippen molar-refractivity contribution in [2.75, 3.05) is 7.05 Å². The van der Waals surface area contributed by atoms with E-state index < -0.39 is 5.97 Å². The number of hydrogen-bond donors (Lipinski definition) is 1. The molecule has 0 aromatic rings. The van der Waals surface area contributed by atoms with Crippen molar-refractivity contribution >= 4 is 11.9 Å². The fourth-order valence-corrected chi connectivity index (χ4v) is 3.16. The summed E-state index contributed by atoms with van der Waals surface area (Å²) in [5.41, 5.74) is -0.313. The predicted octanol–water partition coefficient (Wildman–Crippen LogP) is 3.30. The topological polar surface area (TPSA) is 57.6 Å². The molecule has 1 aliphatic rings. The van der Waals surface area contributed by atoms with Crippen LogP contribution in [0.2, 0.25) is 0 Å². The molecule has 0 aromatic heterocycles. The molecule has 0 spiro atoms. The first-order valence-electron chi connectivity index (χ1n) is 7.75. The first-order valence-corrected chi connectivity index (χ1v) is 7.75. The Morgan fingerprint density at radius 2 is 1.65 bits per heavy atom. The van der Waals surface area contributed by atoms with Gasteiger partial charge in [-0.05, 0) is 31.1 Å². The van der Waals surface area contributed by atoms with E-state index in [9.17, 15) is 9.59 Å². The van der Waals surface area contributed by atoms with Gasteiger partial charge in [0.2, 0.25) is 5.91 Å². The summed E-state index contributed by atoms with van der Waals surface area (Å²) in [6.45, 7) is 6.25. The van der Waals surface area contributed by atoms with Crippen LogP contribution < -0.4 is 0 Å². The van der Waals surface area contributed by atoms with Crippen molar-refractivity contribution in [1.82, 2.24) is 4.90 Å². The molecule has 0 radical (unpaired) electrons. The van der Waals surface area contributed by atoms with E-state index in [0.29, 0.717) is 12.3 Å². The first kappa shape index (κ1) is 17.0. The van der Waals surface area contributed by atoms with Crippen molar-refractivity contribution in [2.45, 2.75) is 71.8 Å². The highest BCUT2D eigenvalue weighted by Crippen LogP contribution is 2.42. The van der Waals surface area contributed by atoms with Crippen molar-refractivity contribution in [3.8, 4) is 0 Å². The van der Waals surface area contributed by atoms with Gasteiger partial charge in [-0.25, -0.2) is 0 Å². The van der Waals surface area contributed by atoms with Crippen LogP contribution in [-0.4, -0.2) is 35.0 Å². The van der Waals surface area contributed by atoms with Crippen LogP contribution in [0.3, 0.4) is 0 Å². The van der Waals surface area contributed by atoms with Gasteiger partial charge in [-0.15, -0.1) is 0 Å². The molecule has 1 aliphatic carbocycles. The second-order valence-corrected chi connectivity index (χ2v) is 6.80. The second-order valence-electron chi connectivity index (χ2n) is 6.80. The zero-order chi connectivity index (χ0) is 15.3. The Bertz CT molecular complexity index is 346. The number of aliphatic carboxylic acids is 1. The lowest BCUT2D eigenvalue weighted by Gasteiger charge is -2.38. The molecule has 0 aromatic carbocycles. The predicted molar refractivity (Wildman–Crippen MR) is 79.5 cm³/mol. The van der Waals surface area contributed by atoms with Crippen LogP contribution in [0.25, 0.3) is 0 Å². The van der Waals surface area contributed by atoms with Crippen LogP contribution in [0.15, 0.2) is 0 Å². The Morgan fingerprint density at radius 1 is 1.10 bits per heavy atom. The summed E-state index contributed by atoms with van der Waals surface area (Å²) >= 11 is 0. The van der Waals surface area contributed by atoms with Crippen LogP contribution in [0.5, 0.6) is 0 Å². The van der Waals surface area contributed by atoms with Gasteiger partial charge < -0.3 is 10.0 Å². The maximum atomic E-state index is 12.5. The van der Waals surface area contributed by atoms with E-state index in [4.69, 9.17) is 5.11 Å². The fourth-order valence-electron chi connectivity index (χ4n) is 3.16. The smallest absolute Gasteiger partial charge is 0.303 e. The number of hydrogen-bond acceptors (Lipinski definition) is 2. The van der Waals surface area contributed by atoms with E-state index in [1.165, 1.54) is 0 Å². The van der Waals surface area contributed by atoms with Crippen molar-refractivity contribution in [3.63, 3.8) is 0 Å². The number of rotatable bonds is 6. The van der Waals surface area contributed by atoms with Gasteiger partial charge in [0.05, 0.1) is 6.42 Å². The zero-order valence-corrected chi connectivity index (χ0v) is 13.3. The van der Waals surface area contributed by atoms with E-state index in [-0.39, 0.29) is 23.8 Å². The maximum Gasteiger partial charge on any atom is 0.303 e. The van der Waals surface area contributed by atoms with E-state index in [1.54, 1.807) is 4.90 Å². The Balaban J connectivity index is 2.74. The monoisotopic (exact) mass is 283 g/mol. The number of carbonyl (C=O) groups excluding carboxylic acids is 1. The summed E-state index contributed by atoms with van der Waals surface area (Å²) in [7, 11) is 1.84. The number of carboxylic acids is 1. The van der Waals surface area contributed by atoms with Crippen molar-refractivity contribution in [3.05, 3.63) is 0 Å². The average molecular weight is 283 g/mol. The molecule has 1 rings (SSSR count). The standard InChI is InChI=1S/C16H29NO3/c1-12(2)13(3)17(4)14(18)10-16(11-15(19)20)8-6-5-7-9-16/h12-13H,5-11H2,1-4H3,(H,19,20). The SMILES string of the molecule is CC(C)C(C)N(C)C(=O)CC1(CC(=O)O)CCCCC1. The summed E-state index contributed by atoms with van der Waals surface area (Å²) in [5, 5.41) is 9.15. The van der Waals surface area contributed by atoms with Gasteiger partial charge in [0.1, 0.15) is 0 Å². The number of nitrogens with zero attached hydrogens (tertiary/aromatic N) is 1. The Labute approximate surface area is 122 Å². The number of carboxylic acid groups (broad SMARTS) is 1. The quantitative estimate of drug-likeness (QED) is 0.813. The molecule has 20 heavy (non-hydrogen) atoms. The zero-order valence-electron chi connectivity index (χ0n) is 13.3. The van der Waals surface area contributed by atoms with E-state index in [2.05, 4.69) is 13.8 Å². The van der Waals surface area contributed by atoms with Crippen molar-refractivity contribution in [2.24, 2.45) is 11.3 Å². The van der Waals surface area contributed by atoms with E-state index >= 15 is 0 Å². The molecule has 1 unspecified atom stereocenters. The summed E-state index contributed by atoms with van der Waals surface area (Å²) < 4.78 is 0. The average Bonchev–Trinajstić information content (AvgIpc) is 2.36. The molecule has 1 fully saturated rings. The molecule has 1 saturated carbocycles. The lowest BCUT2D eigenvalue weighted by atomic mass is 9.69. The minimum absolute atomic E-state index is 0.0920. The largest absolute Gasteiger partial charge is 0.481 e. The Hall–Kier alpha value is -1.06. The normalized spacial score (nSPS) is 19.6. The maximum absolute atomic E-state index is 12.5. The van der Waals surface area contributed by atoms with Gasteiger partial charge >= 0.3 is 5.97 Å². The van der Waals surface area contributed by atoms with Gasteiger partial charge in [0.25, 0.3) is 0 Å². The Morgan fingerprint density at radius 3 is 2.10 bits per heavy atom. The molecule has 0 saturated heterocycles. The van der Waals surface area contributed by atoms with Gasteiger partial charge in [-0.3, -0.25) is 9.59 Å². The minimum Gasteiger partial charge on any atom is -0.481 e. The lowest BCUT2D eigenvalue weighted by molar-refractivity contribution is -0.143. The van der Waals surface area contributed by atoms with Crippen molar-refractivity contribution in [1.29, 1.82) is 0 Å². The molecule has 4 heteroatoms. The molecule has 1 amide bonds. The van der Waals surface area contributed by atoms with Crippen LogP contribution in [0.4, 0.5) is 0 Å². The number of amides is 1. The summed E-state index contributed by atoms with van der Waals surface area (Å²) in [6, 6.07) is 0.188. The van der Waals surface area contributed by atoms with Gasteiger partial charge in [-0.2, -0.15) is 0 Å². The molecule has 4 nitrogen and oxygen atoms in total. The summed E-state index contributed by atoms with van der Waals surface area (Å²) in [5.74, 6) is -0.278. The molecule has 0 aliphatic heterocycles. The highest BCUT2D eigenvalue weighted by atomic mass is 16.4. The van der Waals surface area contributed by atoms with Crippen LogP contribution in [0, 0.1) is 11.3 Å². The van der Waals surface area contributed by atoms with Crippen molar-refractivity contribution < 1.29 is 14.7 Å². The number of carbonyl (C=O) groups is 2. The second kappa shape index (κ2) is 7.09. The van der Waals surface area contributed by atoms with Crippen LogP contribution >= 0.6 is 0 Å². The van der Waals surface area contributed by atoms with Gasteiger partial charge in [0.15, 0.2) is 0 Å². The third kappa shape index (κ3) is 4.50. The third-order valence-corrected chi connectivity index (χ3v) is 4.94. The molecule has 0 bridgehead atoms. The van der Waals surface area contributed by atoms with E-state index in [0.717, 1.165) is 32.1 Å². The lowest BCUT2D eigenvalue weighted by Crippen LogP contribution is -2.42. The van der Waals surface area contributed by atoms with Gasteiger partial charge in [-0.1, -0.05) is 33.1 Å². The first-order chi connectivity index (χ1) is 9.27. The summed E-state index contributed by atoms with van der Waals surface area (Å²) in [6.07, 6.45) is 5.50. The third-order valence-electron chi connectivity index (χ3n) is 4.94. The highest BCUT2D eigenvalue weighted by molar-refractivity contribution is 5.78. The molecule has 1 atom stereocenters. The Kier molecular flexibility index (Phi) is 6.03.